The maximum absolute atomic E-state index is 12.5. The van der Waals surface area contributed by atoms with E-state index < -0.39 is 0 Å². The molecule has 1 atom stereocenters. The Bertz CT molecular complexity index is 384. The molecule has 2 saturated heterocycles. The van der Waals surface area contributed by atoms with E-state index in [-0.39, 0.29) is 11.9 Å². The summed E-state index contributed by atoms with van der Waals surface area (Å²) in [5.41, 5.74) is 0.339. The number of carbonyl (C=O) groups is 1. The molecule has 0 radical (unpaired) electrons. The summed E-state index contributed by atoms with van der Waals surface area (Å²) in [4.78, 5) is 17.4. The van der Waals surface area contributed by atoms with Crippen LogP contribution in [0.15, 0.2) is 0 Å². The van der Waals surface area contributed by atoms with Gasteiger partial charge in [-0.15, -0.1) is 0 Å². The Labute approximate surface area is 140 Å². The van der Waals surface area contributed by atoms with E-state index >= 15 is 0 Å². The molecule has 3 rings (SSSR count). The lowest BCUT2D eigenvalue weighted by molar-refractivity contribution is -0.126. The van der Waals surface area contributed by atoms with Crippen LogP contribution in [-0.2, 0) is 9.53 Å². The number of morpholine rings is 1. The van der Waals surface area contributed by atoms with E-state index in [0.29, 0.717) is 5.41 Å². The molecule has 5 nitrogen and oxygen atoms in total. The van der Waals surface area contributed by atoms with E-state index in [2.05, 4.69) is 22.0 Å². The Balaban J connectivity index is 1.42. The van der Waals surface area contributed by atoms with Crippen LogP contribution >= 0.6 is 0 Å². The largest absolute Gasteiger partial charge is 0.379 e. The van der Waals surface area contributed by atoms with Crippen LogP contribution in [0.25, 0.3) is 0 Å². The number of likely N-dealkylation sites (tertiary alicyclic amines) is 1. The number of hydrogen-bond donors (Lipinski definition) is 1. The second kappa shape index (κ2) is 7.95. The van der Waals surface area contributed by atoms with Gasteiger partial charge in [0.2, 0.25) is 5.91 Å². The summed E-state index contributed by atoms with van der Waals surface area (Å²) >= 11 is 0. The van der Waals surface area contributed by atoms with Gasteiger partial charge in [-0.25, -0.2) is 0 Å². The maximum Gasteiger partial charge on any atom is 0.237 e. The molecule has 2 aliphatic heterocycles. The second-order valence-corrected chi connectivity index (χ2v) is 7.73. The lowest BCUT2D eigenvalue weighted by atomic mass is 10.1. The molecule has 0 bridgehead atoms. The third kappa shape index (κ3) is 4.91. The number of carbonyl (C=O) groups excluding carboxylic acids is 1. The molecule has 0 aromatic rings. The van der Waals surface area contributed by atoms with Crippen molar-refractivity contribution in [2.24, 2.45) is 5.41 Å². The molecule has 0 spiro atoms. The molecule has 1 saturated carbocycles. The molecule has 0 unspecified atom stereocenters. The highest BCUT2D eigenvalue weighted by Gasteiger charge is 2.44. The molecule has 1 N–H and O–H groups in total. The standard InChI is InChI=1S/C18H33N3O2/c1-16(21-8-4-2-3-5-9-21)17(22)19-14-18(6-7-18)15-20-10-12-23-13-11-20/h16H,2-15H2,1H3,(H,19,22)/t16-/m1/s1. The van der Waals surface area contributed by atoms with E-state index in [9.17, 15) is 4.79 Å². The molecule has 1 aliphatic carbocycles. The summed E-state index contributed by atoms with van der Waals surface area (Å²) in [6.07, 6.45) is 7.60. The fraction of sp³-hybridized carbons (Fsp3) is 0.944. The molecular weight excluding hydrogens is 290 g/mol. The highest BCUT2D eigenvalue weighted by atomic mass is 16.5. The van der Waals surface area contributed by atoms with E-state index in [1.807, 2.05) is 0 Å². The van der Waals surface area contributed by atoms with E-state index in [4.69, 9.17) is 4.74 Å². The fourth-order valence-corrected chi connectivity index (χ4v) is 3.87. The zero-order valence-corrected chi connectivity index (χ0v) is 14.7. The summed E-state index contributed by atoms with van der Waals surface area (Å²) in [5, 5.41) is 3.25. The average Bonchev–Trinajstić information content (AvgIpc) is 3.37. The molecule has 23 heavy (non-hydrogen) atoms. The first-order chi connectivity index (χ1) is 11.2. The monoisotopic (exact) mass is 323 g/mol. The van der Waals surface area contributed by atoms with Gasteiger partial charge < -0.3 is 10.1 Å². The van der Waals surface area contributed by atoms with Crippen molar-refractivity contribution in [1.82, 2.24) is 15.1 Å². The van der Waals surface area contributed by atoms with Crippen LogP contribution in [0, 0.1) is 5.41 Å². The molecule has 2 heterocycles. The van der Waals surface area contributed by atoms with Gasteiger partial charge in [-0.2, -0.15) is 0 Å². The number of nitrogens with zero attached hydrogens (tertiary/aromatic N) is 2. The molecule has 0 aromatic heterocycles. The second-order valence-electron chi connectivity index (χ2n) is 7.73. The first kappa shape index (κ1) is 17.2. The predicted octanol–water partition coefficient (Wildman–Crippen LogP) is 1.48. The molecule has 3 fully saturated rings. The van der Waals surface area contributed by atoms with Crippen molar-refractivity contribution in [2.75, 3.05) is 52.5 Å². The third-order valence-electron chi connectivity index (χ3n) is 5.83. The molecule has 5 heteroatoms. The topological polar surface area (TPSA) is 44.8 Å². The van der Waals surface area contributed by atoms with Crippen LogP contribution < -0.4 is 5.32 Å². The Hall–Kier alpha value is -0.650. The van der Waals surface area contributed by atoms with Crippen molar-refractivity contribution < 1.29 is 9.53 Å². The normalized spacial score (nSPS) is 27.2. The van der Waals surface area contributed by atoms with E-state index in [0.717, 1.165) is 52.5 Å². The molecule has 132 valence electrons. The van der Waals surface area contributed by atoms with Gasteiger partial charge in [0.05, 0.1) is 19.3 Å². The zero-order chi connectivity index (χ0) is 16.1. The minimum atomic E-state index is 0.0206. The molecule has 3 aliphatic rings. The average molecular weight is 323 g/mol. The van der Waals surface area contributed by atoms with Crippen molar-refractivity contribution >= 4 is 5.91 Å². The van der Waals surface area contributed by atoms with Crippen molar-refractivity contribution in [3.63, 3.8) is 0 Å². The highest BCUT2D eigenvalue weighted by Crippen LogP contribution is 2.45. The summed E-state index contributed by atoms with van der Waals surface area (Å²) in [5.74, 6) is 0.222. The number of rotatable bonds is 6. The van der Waals surface area contributed by atoms with Gasteiger partial charge in [0.15, 0.2) is 0 Å². The van der Waals surface area contributed by atoms with Crippen molar-refractivity contribution in [3.8, 4) is 0 Å². The van der Waals surface area contributed by atoms with Gasteiger partial charge in [0, 0.05) is 31.6 Å². The van der Waals surface area contributed by atoms with Gasteiger partial charge in [-0.3, -0.25) is 14.6 Å². The summed E-state index contributed by atoms with van der Waals surface area (Å²) < 4.78 is 5.42. The first-order valence-electron chi connectivity index (χ1n) is 9.50. The predicted molar refractivity (Wildman–Crippen MR) is 91.4 cm³/mol. The number of nitrogens with one attached hydrogen (secondary N) is 1. The minimum Gasteiger partial charge on any atom is -0.379 e. The van der Waals surface area contributed by atoms with Crippen molar-refractivity contribution in [2.45, 2.75) is 51.5 Å². The smallest absolute Gasteiger partial charge is 0.237 e. The first-order valence-corrected chi connectivity index (χ1v) is 9.50. The van der Waals surface area contributed by atoms with Crippen LogP contribution in [0.1, 0.15) is 45.4 Å². The van der Waals surface area contributed by atoms with Gasteiger partial charge in [-0.05, 0) is 45.7 Å². The van der Waals surface area contributed by atoms with Crippen molar-refractivity contribution in [3.05, 3.63) is 0 Å². The molecule has 1 amide bonds. The SMILES string of the molecule is C[C@H](C(=O)NCC1(CN2CCOCC2)CC1)N1CCCCCC1. The quantitative estimate of drug-likeness (QED) is 0.804. The fourth-order valence-electron chi connectivity index (χ4n) is 3.87. The van der Waals surface area contributed by atoms with E-state index in [1.165, 1.54) is 38.5 Å². The van der Waals surface area contributed by atoms with Crippen LogP contribution in [0.5, 0.6) is 0 Å². The van der Waals surface area contributed by atoms with Crippen LogP contribution in [-0.4, -0.2) is 74.2 Å². The zero-order valence-electron chi connectivity index (χ0n) is 14.7. The lowest BCUT2D eigenvalue weighted by Gasteiger charge is -2.31. The van der Waals surface area contributed by atoms with E-state index in [1.54, 1.807) is 0 Å². The maximum atomic E-state index is 12.5. The van der Waals surface area contributed by atoms with Gasteiger partial charge in [0.25, 0.3) is 0 Å². The number of hydrogen-bond acceptors (Lipinski definition) is 4. The van der Waals surface area contributed by atoms with Crippen LogP contribution in [0.4, 0.5) is 0 Å². The summed E-state index contributed by atoms with van der Waals surface area (Å²) in [6, 6.07) is 0.0206. The van der Waals surface area contributed by atoms with Crippen LogP contribution in [0.3, 0.4) is 0 Å². The van der Waals surface area contributed by atoms with Crippen LogP contribution in [0.2, 0.25) is 0 Å². The highest BCUT2D eigenvalue weighted by molar-refractivity contribution is 5.81. The minimum absolute atomic E-state index is 0.0206. The van der Waals surface area contributed by atoms with Crippen molar-refractivity contribution in [1.29, 1.82) is 0 Å². The lowest BCUT2D eigenvalue weighted by Crippen LogP contribution is -2.48. The Morgan fingerprint density at radius 1 is 1.09 bits per heavy atom. The Kier molecular flexibility index (Phi) is 5.94. The van der Waals surface area contributed by atoms with Gasteiger partial charge in [-0.1, -0.05) is 12.8 Å². The molecular formula is C18H33N3O2. The van der Waals surface area contributed by atoms with Gasteiger partial charge >= 0.3 is 0 Å². The Morgan fingerprint density at radius 3 is 2.35 bits per heavy atom. The number of ether oxygens (including phenoxy) is 1. The molecule has 0 aromatic carbocycles. The number of amides is 1. The summed E-state index contributed by atoms with van der Waals surface area (Å²) in [7, 11) is 0. The summed E-state index contributed by atoms with van der Waals surface area (Å²) in [6.45, 7) is 9.99. The van der Waals surface area contributed by atoms with Gasteiger partial charge in [0.1, 0.15) is 0 Å². The third-order valence-corrected chi connectivity index (χ3v) is 5.83. The Morgan fingerprint density at radius 2 is 1.74 bits per heavy atom.